The summed E-state index contributed by atoms with van der Waals surface area (Å²) in [5.74, 6) is -0.889. The zero-order valence-corrected chi connectivity index (χ0v) is 43.2. The van der Waals surface area contributed by atoms with Gasteiger partial charge in [-0.2, -0.15) is 13.2 Å². The van der Waals surface area contributed by atoms with Gasteiger partial charge in [-0.25, -0.2) is 9.97 Å². The lowest BCUT2D eigenvalue weighted by Crippen LogP contribution is -2.59. The standard InChI is InChI=1S/C53H74F3N11O7/c1-33(2)64(3)39-12-14-45(67-23-17-43(52(67)72)62-48-40-28-37(53(54,55)56)9-13-42(40)60-32-61-48)44(29-39)63-50(70)34-7-10-38(11-8-34)66-21-15-35(16-22-66)49(69)58-19-24-73-26-27-74-25-20-59-51(71)41-30-46(68)65(4)47(41)36-6-5-18-57-31-36/h5-6,9,13,18,28,31-35,38-39,41,43-45,47H,7-8,10-12,14-17,19-27,29-30H2,1-4H3,(H,58,69)(H,59,71)(H,63,70)(H,60,61,62)/t34?,38?,39-,41+,43+,44-,45+,47-/m1/s1. The number of nitrogens with zero attached hydrogens (tertiary/aromatic N) is 7. The first kappa shape index (κ1) is 54.7. The molecule has 74 heavy (non-hydrogen) atoms. The molecule has 3 aliphatic heterocycles. The number of piperidine rings is 1. The summed E-state index contributed by atoms with van der Waals surface area (Å²) in [6.45, 7) is 8.46. The number of benzene rings is 1. The molecular formula is C53H74F3N11O7. The van der Waals surface area contributed by atoms with E-state index in [2.05, 4.69) is 66.9 Å². The van der Waals surface area contributed by atoms with Gasteiger partial charge in [0.25, 0.3) is 0 Å². The molecule has 2 aromatic heterocycles. The van der Waals surface area contributed by atoms with Crippen LogP contribution in [0.1, 0.15) is 102 Å². The number of halogens is 3. The number of hydrogen-bond donors (Lipinski definition) is 4. The zero-order valence-electron chi connectivity index (χ0n) is 43.2. The maximum atomic E-state index is 14.1. The van der Waals surface area contributed by atoms with Gasteiger partial charge in [0.2, 0.25) is 29.5 Å². The molecule has 3 saturated heterocycles. The van der Waals surface area contributed by atoms with Crippen LogP contribution in [0.15, 0.2) is 49.1 Å². The Hall–Kier alpha value is -5.51. The van der Waals surface area contributed by atoms with Crippen LogP contribution >= 0.6 is 0 Å². The third-order valence-electron chi connectivity index (χ3n) is 16.3. The van der Waals surface area contributed by atoms with Crippen molar-refractivity contribution in [1.82, 2.24) is 50.5 Å². The molecule has 2 saturated carbocycles. The van der Waals surface area contributed by atoms with Crippen LogP contribution in [0.3, 0.4) is 0 Å². The molecule has 0 bridgehead atoms. The molecule has 2 aliphatic carbocycles. The highest BCUT2D eigenvalue weighted by molar-refractivity contribution is 5.93. The van der Waals surface area contributed by atoms with E-state index in [0.29, 0.717) is 82.9 Å². The largest absolute Gasteiger partial charge is 0.416 e. The fourth-order valence-electron chi connectivity index (χ4n) is 11.9. The summed E-state index contributed by atoms with van der Waals surface area (Å²) in [5, 5.41) is 12.7. The Morgan fingerprint density at radius 2 is 1.54 bits per heavy atom. The zero-order chi connectivity index (χ0) is 52.5. The summed E-state index contributed by atoms with van der Waals surface area (Å²) in [5.41, 5.74) is 0.352. The molecule has 6 atom stereocenters. The van der Waals surface area contributed by atoms with Crippen molar-refractivity contribution in [1.29, 1.82) is 0 Å². The lowest BCUT2D eigenvalue weighted by molar-refractivity contribution is -0.137. The second-order valence-electron chi connectivity index (χ2n) is 21.0. The molecular weight excluding hydrogens is 960 g/mol. The fraction of sp³-hybridized carbons (Fsp3) is 0.660. The van der Waals surface area contributed by atoms with Gasteiger partial charge in [0, 0.05) is 80.8 Å². The Balaban J connectivity index is 0.721. The molecule has 0 radical (unpaired) electrons. The first-order chi connectivity index (χ1) is 35.6. The van der Waals surface area contributed by atoms with Crippen molar-refractivity contribution in [3.8, 4) is 0 Å². The van der Waals surface area contributed by atoms with E-state index in [1.165, 1.54) is 12.4 Å². The number of pyridine rings is 1. The van der Waals surface area contributed by atoms with Crippen molar-refractivity contribution >= 4 is 46.3 Å². The van der Waals surface area contributed by atoms with E-state index >= 15 is 0 Å². The van der Waals surface area contributed by atoms with Gasteiger partial charge in [-0.15, -0.1) is 0 Å². The van der Waals surface area contributed by atoms with Crippen LogP contribution in [0.2, 0.25) is 0 Å². The highest BCUT2D eigenvalue weighted by atomic mass is 19.4. The Labute approximate surface area is 431 Å². The number of anilines is 1. The van der Waals surface area contributed by atoms with Crippen molar-refractivity contribution in [2.45, 2.75) is 133 Å². The number of carbonyl (C=O) groups excluding carboxylic acids is 5. The minimum Gasteiger partial charge on any atom is -0.377 e. The minimum atomic E-state index is -4.54. The predicted octanol–water partition coefficient (Wildman–Crippen LogP) is 4.56. The molecule has 4 N–H and O–H groups in total. The number of ether oxygens (including phenoxy) is 2. The van der Waals surface area contributed by atoms with Gasteiger partial charge >= 0.3 is 6.18 Å². The average molecular weight is 1030 g/mol. The number of rotatable bonds is 20. The second kappa shape index (κ2) is 24.9. The van der Waals surface area contributed by atoms with Crippen LogP contribution in [0.4, 0.5) is 19.0 Å². The van der Waals surface area contributed by atoms with Gasteiger partial charge in [-0.3, -0.25) is 29.0 Å². The maximum absolute atomic E-state index is 14.1. The summed E-state index contributed by atoms with van der Waals surface area (Å²) in [6.07, 6.45) is 7.81. The van der Waals surface area contributed by atoms with Gasteiger partial charge in [-0.1, -0.05) is 6.07 Å². The van der Waals surface area contributed by atoms with Crippen molar-refractivity contribution in [2.24, 2.45) is 17.8 Å². The average Bonchev–Trinajstić information content (AvgIpc) is 3.92. The molecule has 3 aromatic rings. The van der Waals surface area contributed by atoms with E-state index in [1.807, 2.05) is 11.0 Å². The number of fused-ring (bicyclic) bond motifs is 1. The molecule has 18 nitrogen and oxygen atoms in total. The minimum absolute atomic E-state index is 0.0252. The van der Waals surface area contributed by atoms with Crippen molar-refractivity contribution in [2.75, 3.05) is 78.6 Å². The highest BCUT2D eigenvalue weighted by Gasteiger charge is 2.45. The SMILES string of the molecule is CC(C)N(C)[C@@H]1CC[C@H](N2CC[C@H](Nc3ncnc4ccc(C(F)(F)F)cc34)C2=O)[C@H](NC(=O)C2CCC(N3CCC(C(=O)NCCOCCOCCNC(=O)[C@H]4CC(=O)N(C)[C@@H]4c4cccnc4)CC3)CC2)C1. The van der Waals surface area contributed by atoms with Crippen LogP contribution in [-0.2, 0) is 39.6 Å². The highest BCUT2D eigenvalue weighted by Crippen LogP contribution is 2.38. The van der Waals surface area contributed by atoms with E-state index in [0.717, 1.165) is 75.7 Å². The smallest absolute Gasteiger partial charge is 0.377 e. The van der Waals surface area contributed by atoms with E-state index < -0.39 is 23.7 Å². The van der Waals surface area contributed by atoms with Gasteiger partial charge in [0.15, 0.2) is 0 Å². The summed E-state index contributed by atoms with van der Waals surface area (Å²) >= 11 is 0. The second-order valence-corrected chi connectivity index (χ2v) is 21.0. The third-order valence-corrected chi connectivity index (χ3v) is 16.3. The molecule has 404 valence electrons. The molecule has 0 spiro atoms. The quantitative estimate of drug-likeness (QED) is 0.115. The third kappa shape index (κ3) is 13.3. The number of alkyl halides is 3. The molecule has 21 heteroatoms. The lowest BCUT2D eigenvalue weighted by atomic mass is 9.81. The fourth-order valence-corrected chi connectivity index (χ4v) is 11.9. The number of carbonyl (C=O) groups is 5. The first-order valence-electron chi connectivity index (χ1n) is 26.6. The molecule has 1 aromatic carbocycles. The number of aromatic nitrogens is 3. The van der Waals surface area contributed by atoms with E-state index in [-0.39, 0.29) is 83.2 Å². The summed E-state index contributed by atoms with van der Waals surface area (Å²) < 4.78 is 52.2. The van der Waals surface area contributed by atoms with Crippen LogP contribution in [0, 0.1) is 17.8 Å². The number of amides is 5. The topological polar surface area (TPSA) is 204 Å². The van der Waals surface area contributed by atoms with Crippen molar-refractivity contribution in [3.05, 3.63) is 60.2 Å². The summed E-state index contributed by atoms with van der Waals surface area (Å²) in [7, 11) is 3.81. The van der Waals surface area contributed by atoms with Gasteiger partial charge in [-0.05, 0) is 128 Å². The van der Waals surface area contributed by atoms with Crippen molar-refractivity contribution < 1.29 is 46.6 Å². The molecule has 5 heterocycles. The Kier molecular flexibility index (Phi) is 18.4. The van der Waals surface area contributed by atoms with E-state index in [9.17, 15) is 37.1 Å². The van der Waals surface area contributed by atoms with Crippen LogP contribution in [0.25, 0.3) is 10.9 Å². The van der Waals surface area contributed by atoms with Crippen LogP contribution in [0.5, 0.6) is 0 Å². The molecule has 5 amide bonds. The molecule has 8 rings (SSSR count). The Morgan fingerprint density at radius 1 is 0.838 bits per heavy atom. The van der Waals surface area contributed by atoms with Crippen molar-refractivity contribution in [3.63, 3.8) is 0 Å². The lowest BCUT2D eigenvalue weighted by Gasteiger charge is -2.45. The first-order valence-corrected chi connectivity index (χ1v) is 26.6. The van der Waals surface area contributed by atoms with Crippen LogP contribution in [-0.4, -0.2) is 174 Å². The molecule has 0 unspecified atom stereocenters. The Morgan fingerprint density at radius 3 is 2.22 bits per heavy atom. The number of likely N-dealkylation sites (tertiary alicyclic amines) is 3. The number of hydrogen-bond acceptors (Lipinski definition) is 13. The monoisotopic (exact) mass is 1030 g/mol. The van der Waals surface area contributed by atoms with Crippen LogP contribution < -0.4 is 21.3 Å². The molecule has 5 fully saturated rings. The van der Waals surface area contributed by atoms with E-state index in [1.54, 1.807) is 30.4 Å². The number of nitrogens with one attached hydrogen (secondary N) is 4. The normalized spacial score (nSPS) is 26.3. The van der Waals surface area contributed by atoms with E-state index in [4.69, 9.17) is 9.47 Å². The molecule has 5 aliphatic rings. The predicted molar refractivity (Wildman–Crippen MR) is 270 cm³/mol. The Bertz CT molecular complexity index is 2400. The summed E-state index contributed by atoms with van der Waals surface area (Å²) in [6, 6.07) is 6.35. The maximum Gasteiger partial charge on any atom is 0.416 e. The summed E-state index contributed by atoms with van der Waals surface area (Å²) in [4.78, 5) is 87.5. The van der Waals surface area contributed by atoms with Gasteiger partial charge in [0.05, 0.1) is 61.6 Å². The van der Waals surface area contributed by atoms with Gasteiger partial charge in [0.1, 0.15) is 18.2 Å². The van der Waals surface area contributed by atoms with Gasteiger partial charge < -0.3 is 50.3 Å².